The predicted molar refractivity (Wildman–Crippen MR) is 454 cm³/mol. The molecule has 0 aliphatic rings. The van der Waals surface area contributed by atoms with Crippen molar-refractivity contribution in [3.8, 4) is 0 Å². The maximum Gasteiger partial charge on any atom is 0.472 e. The second-order valence-electron chi connectivity index (χ2n) is 27.5. The van der Waals surface area contributed by atoms with Gasteiger partial charge in [-0.1, -0.05) is 319 Å². The van der Waals surface area contributed by atoms with Gasteiger partial charge in [0.25, 0.3) is 0 Å². The highest BCUT2D eigenvalue weighted by Crippen LogP contribution is 2.45. The summed E-state index contributed by atoms with van der Waals surface area (Å²) >= 11 is 0. The van der Waals surface area contributed by atoms with Gasteiger partial charge >= 0.3 is 33.6 Å². The largest absolute Gasteiger partial charge is 0.472 e. The van der Waals surface area contributed by atoms with Gasteiger partial charge in [-0.05, 0) is 161 Å². The Morgan fingerprint density at radius 3 is 0.771 bits per heavy atom. The number of allylic oxidation sites excluding steroid dienone is 30. The summed E-state index contributed by atoms with van der Waals surface area (Å²) in [7, 11) is -9.82. The van der Waals surface area contributed by atoms with Crippen molar-refractivity contribution in [1.82, 2.24) is 0 Å². The van der Waals surface area contributed by atoms with Crippen LogP contribution in [0.3, 0.4) is 0 Å². The Hall–Kier alpha value is -5.35. The lowest BCUT2D eigenvalue weighted by Crippen LogP contribution is -2.30. The number of aliphatic hydroxyl groups excluding tert-OH is 2. The van der Waals surface area contributed by atoms with E-state index >= 15 is 0 Å². The number of hydrogen-bond donors (Lipinski definition) is 4. The maximum absolute atomic E-state index is 13.0. The second kappa shape index (κ2) is 82.1. The Morgan fingerprint density at radius 2 is 0.486 bits per heavy atom. The normalized spacial score (nSPS) is 14.8. The van der Waals surface area contributed by atoms with E-state index in [1.807, 2.05) is 0 Å². The zero-order valence-electron chi connectivity index (χ0n) is 67.9. The lowest BCUT2D eigenvalue weighted by molar-refractivity contribution is -0.161. The summed E-state index contributed by atoms with van der Waals surface area (Å²) in [6.07, 6.45) is 106. The van der Waals surface area contributed by atoms with Crippen LogP contribution < -0.4 is 0 Å². The van der Waals surface area contributed by atoms with E-state index in [1.54, 1.807) is 0 Å². The van der Waals surface area contributed by atoms with Crippen LogP contribution in [0.4, 0.5) is 0 Å². The van der Waals surface area contributed by atoms with Crippen LogP contribution >= 0.6 is 15.6 Å². The van der Waals surface area contributed by atoms with Crippen molar-refractivity contribution in [2.75, 3.05) is 39.6 Å². The number of rotatable bonds is 78. The molecular formula is C91H150O16P2. The van der Waals surface area contributed by atoms with Crippen LogP contribution in [-0.4, -0.2) is 95.9 Å². The van der Waals surface area contributed by atoms with Crippen molar-refractivity contribution in [2.24, 2.45) is 0 Å². The predicted octanol–water partition coefficient (Wildman–Crippen LogP) is 25.3. The lowest BCUT2D eigenvalue weighted by Gasteiger charge is -2.21. The molecule has 5 unspecified atom stereocenters. The number of ether oxygens (including phenoxy) is 3. The van der Waals surface area contributed by atoms with Gasteiger partial charge in [0.15, 0.2) is 6.10 Å². The first kappa shape index (κ1) is 104. The number of phosphoric acid groups is 2. The van der Waals surface area contributed by atoms with Crippen molar-refractivity contribution in [2.45, 2.75) is 334 Å². The molecular weight excluding hydrogens is 1410 g/mol. The van der Waals surface area contributed by atoms with Crippen LogP contribution in [0.1, 0.15) is 316 Å². The van der Waals surface area contributed by atoms with Gasteiger partial charge in [0.05, 0.1) is 26.4 Å². The Kier molecular flexibility index (Phi) is 78.1. The molecule has 0 saturated heterocycles. The molecule has 4 N–H and O–H groups in total. The van der Waals surface area contributed by atoms with E-state index in [2.05, 4.69) is 203 Å². The van der Waals surface area contributed by atoms with Gasteiger partial charge < -0.3 is 34.2 Å². The minimum absolute atomic E-state index is 0.0778. The molecule has 0 amide bonds. The van der Waals surface area contributed by atoms with Crippen LogP contribution in [0.25, 0.3) is 0 Å². The van der Waals surface area contributed by atoms with Gasteiger partial charge in [-0.25, -0.2) is 9.13 Å². The van der Waals surface area contributed by atoms with Crippen molar-refractivity contribution in [3.05, 3.63) is 182 Å². The molecule has 18 heteroatoms. The van der Waals surface area contributed by atoms with E-state index in [9.17, 15) is 43.5 Å². The molecule has 0 saturated carbocycles. The zero-order chi connectivity index (χ0) is 79.4. The third-order valence-electron chi connectivity index (χ3n) is 17.1. The molecule has 5 atom stereocenters. The van der Waals surface area contributed by atoms with Crippen LogP contribution in [0, 0.1) is 0 Å². The van der Waals surface area contributed by atoms with Crippen molar-refractivity contribution in [1.29, 1.82) is 0 Å². The fourth-order valence-corrected chi connectivity index (χ4v) is 12.3. The van der Waals surface area contributed by atoms with E-state index in [4.69, 9.17) is 32.3 Å². The molecule has 0 aliphatic carbocycles. The third-order valence-corrected chi connectivity index (χ3v) is 19.0. The Balaban J connectivity index is 4.62. The number of aliphatic hydroxyl groups is 2. The minimum Gasteiger partial charge on any atom is -0.463 e. The highest BCUT2D eigenvalue weighted by atomic mass is 31.2. The standard InChI is InChI=1S/C91H150O16P2/c1-4-7-10-13-16-19-22-25-28-31-34-36-38-39-40-41-42-43-44-45-47-49-51-53-56-59-62-65-68-71-74-77-89(94)101-80-86(92)81-103-108(97,98)104-82-87(93)83-105-109(99,100)106-85-88(107-91(96)79-76-73-70-67-64-61-58-55-50-33-30-27-24-21-18-15-12-9-6-3)84-102-90(95)78-75-72-69-66-63-60-57-54-52-48-46-37-35-32-29-26-23-20-17-14-11-8-5-2/h7-8,10-11,16-21,25-30,34-37,39-40,42-43,48,50,52,55,57,60,86-88,92-93H,4-6,9,12-15,22-24,31-33,38,41,44-47,49,51,53-54,56,58-59,61-85H2,1-3H3,(H,97,98)(H,99,100)/b10-7-,11-8-,19-16-,20-17-,21-18-,28-25-,29-26-,30-27-,36-34-,37-35-,40-39-,43-42-,52-48-,55-50-,60-57-. The highest BCUT2D eigenvalue weighted by molar-refractivity contribution is 7.47. The second-order valence-corrected chi connectivity index (χ2v) is 30.4. The van der Waals surface area contributed by atoms with Gasteiger partial charge in [-0.15, -0.1) is 0 Å². The topological polar surface area (TPSA) is 231 Å². The smallest absolute Gasteiger partial charge is 0.463 e. The zero-order valence-corrected chi connectivity index (χ0v) is 69.7. The summed E-state index contributed by atoms with van der Waals surface area (Å²) in [5.74, 6) is -1.63. The van der Waals surface area contributed by atoms with Gasteiger partial charge in [-0.2, -0.15) is 0 Å². The molecule has 0 spiro atoms. The fourth-order valence-electron chi connectivity index (χ4n) is 10.8. The summed E-state index contributed by atoms with van der Waals surface area (Å²) in [4.78, 5) is 58.8. The fraction of sp³-hybridized carbons (Fsp3) is 0.637. The summed E-state index contributed by atoms with van der Waals surface area (Å²) in [6, 6.07) is 0. The van der Waals surface area contributed by atoms with E-state index in [1.165, 1.54) is 70.6 Å². The molecule has 620 valence electrons. The molecule has 0 aliphatic heterocycles. The van der Waals surface area contributed by atoms with E-state index in [0.29, 0.717) is 19.3 Å². The van der Waals surface area contributed by atoms with Crippen molar-refractivity contribution < 1.29 is 75.8 Å². The van der Waals surface area contributed by atoms with E-state index < -0.39 is 91.5 Å². The Morgan fingerprint density at radius 1 is 0.266 bits per heavy atom. The van der Waals surface area contributed by atoms with Gasteiger partial charge in [0, 0.05) is 19.3 Å². The first-order valence-electron chi connectivity index (χ1n) is 42.1. The van der Waals surface area contributed by atoms with E-state index in [-0.39, 0.29) is 19.3 Å². The lowest BCUT2D eigenvalue weighted by atomic mass is 10.0. The first-order valence-corrected chi connectivity index (χ1v) is 45.1. The first-order chi connectivity index (χ1) is 53.2. The molecule has 0 rings (SSSR count). The number of phosphoric ester groups is 2. The molecule has 0 aromatic rings. The van der Waals surface area contributed by atoms with Gasteiger partial charge in [0.1, 0.15) is 25.4 Å². The number of carbonyl (C=O) groups is 3. The maximum atomic E-state index is 13.0. The van der Waals surface area contributed by atoms with Crippen molar-refractivity contribution in [3.63, 3.8) is 0 Å². The quantitative estimate of drug-likeness (QED) is 0.0146. The van der Waals surface area contributed by atoms with Crippen LogP contribution in [0.15, 0.2) is 182 Å². The van der Waals surface area contributed by atoms with Gasteiger partial charge in [-0.3, -0.25) is 32.5 Å². The molecule has 0 aromatic carbocycles. The summed E-state index contributed by atoms with van der Waals surface area (Å²) in [5, 5.41) is 20.7. The average Bonchev–Trinajstić information content (AvgIpc) is 0.902. The van der Waals surface area contributed by atoms with Crippen LogP contribution in [0.2, 0.25) is 0 Å². The molecule has 0 aromatic heterocycles. The Bertz CT molecular complexity index is 2710. The molecule has 109 heavy (non-hydrogen) atoms. The summed E-state index contributed by atoms with van der Waals surface area (Å²) in [6.45, 7) is 2.38. The minimum atomic E-state index is -4.95. The van der Waals surface area contributed by atoms with Crippen molar-refractivity contribution >= 4 is 33.6 Å². The molecule has 16 nitrogen and oxygen atoms in total. The van der Waals surface area contributed by atoms with Crippen LogP contribution in [0.5, 0.6) is 0 Å². The number of unbranched alkanes of at least 4 members (excludes halogenated alkanes) is 25. The summed E-state index contributed by atoms with van der Waals surface area (Å²) in [5.41, 5.74) is 0. The molecule has 0 bridgehead atoms. The monoisotopic (exact) mass is 1560 g/mol. The molecule has 0 radical (unpaired) electrons. The molecule has 0 heterocycles. The summed E-state index contributed by atoms with van der Waals surface area (Å²) < 4.78 is 61.3. The Labute approximate surface area is 662 Å². The highest BCUT2D eigenvalue weighted by Gasteiger charge is 2.29. The third kappa shape index (κ3) is 83.4. The van der Waals surface area contributed by atoms with Crippen LogP contribution in [-0.2, 0) is 55.8 Å². The molecule has 0 fully saturated rings. The van der Waals surface area contributed by atoms with E-state index in [0.717, 1.165) is 186 Å². The average molecular weight is 1560 g/mol. The van der Waals surface area contributed by atoms with Gasteiger partial charge in [0.2, 0.25) is 0 Å². The number of hydrogen-bond acceptors (Lipinski definition) is 14. The number of carbonyl (C=O) groups excluding carboxylic acids is 3. The number of esters is 3. The SMILES string of the molecule is CC/C=C\C/C=C\C/C=C\C/C=C\C/C=C\C/C=C\CCCCCCCCCCCCCCC(=O)OCC(O)COP(=O)(O)OCC(O)COP(=O)(O)OCC(COC(=O)CCCCCC/C=C\C/C=C\C/C=C\C/C=C\C/C=C\C/C=C\CC)OC(=O)CCCCCCCC/C=C\C/C=C\C/C=C\CCCCC.